The number of rotatable bonds is 73. The molecule has 17 nitrogen and oxygen atoms in total. The van der Waals surface area contributed by atoms with Crippen molar-refractivity contribution in [1.29, 1.82) is 0 Å². The highest BCUT2D eigenvalue weighted by Gasteiger charge is 2.30. The van der Waals surface area contributed by atoms with E-state index in [2.05, 4.69) is 41.5 Å². The first-order valence-corrected chi connectivity index (χ1v) is 41.6. The molecule has 4 unspecified atom stereocenters. The normalized spacial score (nSPS) is 14.6. The number of aliphatic hydroxyl groups excluding tert-OH is 1. The first-order chi connectivity index (χ1) is 44.9. The number of hydrogen-bond donors (Lipinski definition) is 3. The molecule has 0 amide bonds. The number of ether oxygens (including phenoxy) is 4. The van der Waals surface area contributed by atoms with Crippen LogP contribution in [0, 0.1) is 11.8 Å². The summed E-state index contributed by atoms with van der Waals surface area (Å²) < 4.78 is 68.2. The number of unbranched alkanes of at least 4 members (excludes halogenated alkanes) is 41. The van der Waals surface area contributed by atoms with Gasteiger partial charge in [-0.3, -0.25) is 37.3 Å². The van der Waals surface area contributed by atoms with Crippen LogP contribution in [-0.4, -0.2) is 96.7 Å². The molecular weight excluding hydrogens is 1220 g/mol. The molecule has 3 N–H and O–H groups in total. The van der Waals surface area contributed by atoms with Gasteiger partial charge in [0.2, 0.25) is 0 Å². The van der Waals surface area contributed by atoms with E-state index in [1.165, 1.54) is 193 Å². The van der Waals surface area contributed by atoms with Crippen LogP contribution in [0.5, 0.6) is 0 Å². The molecule has 0 aromatic carbocycles. The highest BCUT2D eigenvalue weighted by Crippen LogP contribution is 2.45. The minimum atomic E-state index is -4.95. The predicted molar refractivity (Wildman–Crippen MR) is 377 cm³/mol. The molecular formula is C74H144O17P2. The van der Waals surface area contributed by atoms with E-state index in [-0.39, 0.29) is 25.7 Å². The Morgan fingerprint density at radius 2 is 0.516 bits per heavy atom. The van der Waals surface area contributed by atoms with Crippen LogP contribution in [0.4, 0.5) is 0 Å². The Kier molecular flexibility index (Phi) is 64.6. The largest absolute Gasteiger partial charge is 0.472 e. The van der Waals surface area contributed by atoms with Crippen molar-refractivity contribution in [3.8, 4) is 0 Å². The molecule has 0 aromatic heterocycles. The van der Waals surface area contributed by atoms with Gasteiger partial charge in [0.25, 0.3) is 0 Å². The summed E-state index contributed by atoms with van der Waals surface area (Å²) in [5.74, 6) is -0.542. The first-order valence-electron chi connectivity index (χ1n) is 38.6. The summed E-state index contributed by atoms with van der Waals surface area (Å²) in [6.07, 6.45) is 53.3. The fourth-order valence-corrected chi connectivity index (χ4v) is 12.8. The molecule has 0 rings (SSSR count). The molecule has 552 valence electrons. The Bertz CT molecular complexity index is 1810. The lowest BCUT2D eigenvalue weighted by Gasteiger charge is -2.21. The van der Waals surface area contributed by atoms with Crippen LogP contribution in [-0.2, 0) is 65.4 Å². The molecule has 0 aliphatic heterocycles. The van der Waals surface area contributed by atoms with Crippen molar-refractivity contribution in [3.63, 3.8) is 0 Å². The van der Waals surface area contributed by atoms with Crippen molar-refractivity contribution < 1.29 is 80.2 Å². The molecule has 0 aliphatic rings. The maximum atomic E-state index is 13.1. The Labute approximate surface area is 568 Å². The van der Waals surface area contributed by atoms with Crippen LogP contribution < -0.4 is 0 Å². The van der Waals surface area contributed by atoms with Gasteiger partial charge in [-0.2, -0.15) is 0 Å². The summed E-state index contributed by atoms with van der Waals surface area (Å²) >= 11 is 0. The fourth-order valence-electron chi connectivity index (χ4n) is 11.2. The van der Waals surface area contributed by atoms with E-state index in [9.17, 15) is 43.2 Å². The van der Waals surface area contributed by atoms with E-state index in [0.717, 1.165) is 108 Å². The Hall–Kier alpha value is -1.94. The molecule has 0 aliphatic carbocycles. The standard InChI is InChI=1S/C74H144O17P2/c1-7-11-13-15-16-17-18-19-20-26-29-32-35-38-45-51-57-72(77)85-63-70(90-73(78)58-52-46-39-36-33-30-27-24-22-21-23-25-28-31-34-37-43-48-54-66(5)9-3)65-89-93(82,83)87-61-68(75)60-86-92(80,81)88-64-69(62-84-71(76)56-50-42-14-12-8-2)91-74(79)59-53-47-41-40-44-49-55-67(6)10-4/h66-70,75H,7-65H2,1-6H3,(H,80,81)(H,82,83)/t66?,67?,68-,69+,70+/m0/s1. The van der Waals surface area contributed by atoms with Gasteiger partial charge >= 0.3 is 39.5 Å². The number of carbonyl (C=O) groups excluding carboxylic acids is 4. The van der Waals surface area contributed by atoms with Gasteiger partial charge in [-0.1, -0.05) is 330 Å². The van der Waals surface area contributed by atoms with Gasteiger partial charge in [0.1, 0.15) is 19.3 Å². The van der Waals surface area contributed by atoms with Crippen LogP contribution in [0.3, 0.4) is 0 Å². The number of phosphoric acid groups is 2. The van der Waals surface area contributed by atoms with E-state index in [0.29, 0.717) is 25.7 Å². The lowest BCUT2D eigenvalue weighted by molar-refractivity contribution is -0.161. The third-order valence-corrected chi connectivity index (χ3v) is 19.8. The zero-order valence-electron chi connectivity index (χ0n) is 60.6. The van der Waals surface area contributed by atoms with Gasteiger partial charge in [0, 0.05) is 25.7 Å². The van der Waals surface area contributed by atoms with E-state index in [1.807, 2.05) is 0 Å². The van der Waals surface area contributed by atoms with Gasteiger partial charge < -0.3 is 33.8 Å². The highest BCUT2D eigenvalue weighted by molar-refractivity contribution is 7.47. The molecule has 0 aromatic rings. The van der Waals surface area contributed by atoms with E-state index < -0.39 is 97.5 Å². The molecule has 0 spiro atoms. The van der Waals surface area contributed by atoms with Gasteiger partial charge in [-0.05, 0) is 37.5 Å². The molecule has 0 fully saturated rings. The van der Waals surface area contributed by atoms with Crippen molar-refractivity contribution in [2.75, 3.05) is 39.6 Å². The van der Waals surface area contributed by atoms with Gasteiger partial charge in [0.15, 0.2) is 12.2 Å². The van der Waals surface area contributed by atoms with Crippen molar-refractivity contribution in [1.82, 2.24) is 0 Å². The van der Waals surface area contributed by atoms with Crippen LogP contribution in [0.1, 0.15) is 382 Å². The number of carbonyl (C=O) groups is 4. The van der Waals surface area contributed by atoms with E-state index in [4.69, 9.17) is 37.0 Å². The van der Waals surface area contributed by atoms with Crippen molar-refractivity contribution in [2.45, 2.75) is 400 Å². The third-order valence-electron chi connectivity index (χ3n) is 17.9. The monoisotopic (exact) mass is 1370 g/mol. The maximum absolute atomic E-state index is 13.1. The second-order valence-corrected chi connectivity index (χ2v) is 30.1. The molecule has 0 saturated heterocycles. The molecule has 0 radical (unpaired) electrons. The number of aliphatic hydroxyl groups is 1. The molecule has 19 heteroatoms. The second-order valence-electron chi connectivity index (χ2n) is 27.2. The summed E-state index contributed by atoms with van der Waals surface area (Å²) in [4.78, 5) is 72.4. The Morgan fingerprint density at radius 3 is 0.763 bits per heavy atom. The quantitative estimate of drug-likeness (QED) is 0.0222. The van der Waals surface area contributed by atoms with Crippen molar-refractivity contribution >= 4 is 39.5 Å². The summed E-state index contributed by atoms with van der Waals surface area (Å²) in [7, 11) is -9.89. The smallest absolute Gasteiger partial charge is 0.462 e. The van der Waals surface area contributed by atoms with Crippen LogP contribution in [0.2, 0.25) is 0 Å². The topological polar surface area (TPSA) is 237 Å². The summed E-state index contributed by atoms with van der Waals surface area (Å²) in [5, 5.41) is 10.6. The predicted octanol–water partition coefficient (Wildman–Crippen LogP) is 21.6. The summed E-state index contributed by atoms with van der Waals surface area (Å²) in [6, 6.07) is 0. The maximum Gasteiger partial charge on any atom is 0.472 e. The van der Waals surface area contributed by atoms with Gasteiger partial charge in [0.05, 0.1) is 26.4 Å². The molecule has 93 heavy (non-hydrogen) atoms. The number of hydrogen-bond acceptors (Lipinski definition) is 15. The molecule has 0 heterocycles. The molecule has 7 atom stereocenters. The van der Waals surface area contributed by atoms with Crippen molar-refractivity contribution in [3.05, 3.63) is 0 Å². The Balaban J connectivity index is 5.11. The molecule has 0 bridgehead atoms. The number of esters is 4. The first kappa shape index (κ1) is 91.1. The fraction of sp³-hybridized carbons (Fsp3) is 0.946. The lowest BCUT2D eigenvalue weighted by Crippen LogP contribution is -2.30. The average molecular weight is 1370 g/mol. The van der Waals surface area contributed by atoms with Crippen LogP contribution in [0.15, 0.2) is 0 Å². The third kappa shape index (κ3) is 65.8. The SMILES string of the molecule is CCCCCCCCCCCCCCCCCCC(=O)OC[C@H](COP(=O)(O)OC[C@@H](O)COP(=O)(O)OC[C@@H](COC(=O)CCCCCCC)OC(=O)CCCCCCCCC(C)CC)OC(=O)CCCCCCCCCCCCCCCCCCCCC(C)CC. The minimum Gasteiger partial charge on any atom is -0.462 e. The summed E-state index contributed by atoms with van der Waals surface area (Å²) in [5.41, 5.74) is 0. The Morgan fingerprint density at radius 1 is 0.301 bits per heavy atom. The number of phosphoric ester groups is 2. The second kappa shape index (κ2) is 66.0. The average Bonchev–Trinajstić information content (AvgIpc) is 3.20. The van der Waals surface area contributed by atoms with Gasteiger partial charge in [-0.25, -0.2) is 9.13 Å². The highest BCUT2D eigenvalue weighted by atomic mass is 31.2. The van der Waals surface area contributed by atoms with Crippen LogP contribution >= 0.6 is 15.6 Å². The zero-order valence-corrected chi connectivity index (χ0v) is 62.3. The lowest BCUT2D eigenvalue weighted by atomic mass is 9.99. The van der Waals surface area contributed by atoms with E-state index in [1.54, 1.807) is 0 Å². The minimum absolute atomic E-state index is 0.102. The molecule has 0 saturated carbocycles. The van der Waals surface area contributed by atoms with Crippen molar-refractivity contribution in [2.24, 2.45) is 11.8 Å². The summed E-state index contributed by atoms with van der Waals surface area (Å²) in [6.45, 7) is 9.50. The zero-order chi connectivity index (χ0) is 68.6. The van der Waals surface area contributed by atoms with Crippen LogP contribution in [0.25, 0.3) is 0 Å². The van der Waals surface area contributed by atoms with Gasteiger partial charge in [-0.15, -0.1) is 0 Å². The van der Waals surface area contributed by atoms with E-state index >= 15 is 0 Å².